The van der Waals surface area contributed by atoms with Crippen LogP contribution in [0.3, 0.4) is 0 Å². The molecule has 1 unspecified atom stereocenters. The van der Waals surface area contributed by atoms with Crippen molar-refractivity contribution in [1.82, 2.24) is 15.5 Å². The van der Waals surface area contributed by atoms with Gasteiger partial charge in [-0.3, -0.25) is 34.2 Å². The first-order chi connectivity index (χ1) is 14.3. The van der Waals surface area contributed by atoms with Gasteiger partial charge in [0.25, 0.3) is 17.7 Å². The highest BCUT2D eigenvalue weighted by Gasteiger charge is 2.44. The normalized spacial score (nSPS) is 18.3. The molecule has 2 aromatic rings. The number of rotatable bonds is 4. The minimum Gasteiger partial charge on any atom is -0.348 e. The van der Waals surface area contributed by atoms with Crippen molar-refractivity contribution >= 4 is 45.5 Å². The van der Waals surface area contributed by atoms with Gasteiger partial charge in [0.1, 0.15) is 6.04 Å². The van der Waals surface area contributed by atoms with E-state index in [1.807, 2.05) is 0 Å². The molecule has 1 saturated heterocycles. The Hall–Kier alpha value is -3.33. The fourth-order valence-electron chi connectivity index (χ4n) is 3.51. The van der Waals surface area contributed by atoms with Crippen molar-refractivity contribution in [1.29, 1.82) is 0 Å². The van der Waals surface area contributed by atoms with Crippen LogP contribution in [0.1, 0.15) is 49.5 Å². The Morgan fingerprint density at radius 3 is 2.43 bits per heavy atom. The molecule has 30 heavy (non-hydrogen) atoms. The smallest absolute Gasteiger partial charge is 0.262 e. The van der Waals surface area contributed by atoms with E-state index in [1.54, 1.807) is 36.4 Å². The zero-order valence-electron chi connectivity index (χ0n) is 15.6. The summed E-state index contributed by atoms with van der Waals surface area (Å²) >= 11 is 3.31. The van der Waals surface area contributed by atoms with Crippen LogP contribution < -0.4 is 10.6 Å². The van der Waals surface area contributed by atoms with Crippen LogP contribution in [0.5, 0.6) is 0 Å². The first-order valence-electron chi connectivity index (χ1n) is 9.23. The number of carbonyl (C=O) groups is 5. The molecule has 5 amide bonds. The molecule has 2 aromatic carbocycles. The molecule has 1 fully saturated rings. The molecular formula is C21H16BrN3O5. The van der Waals surface area contributed by atoms with Crippen molar-refractivity contribution in [2.45, 2.75) is 25.4 Å². The summed E-state index contributed by atoms with van der Waals surface area (Å²) in [6, 6.07) is 10.6. The summed E-state index contributed by atoms with van der Waals surface area (Å²) in [5, 5.41) is 4.94. The summed E-state index contributed by atoms with van der Waals surface area (Å²) in [5.41, 5.74) is 1.52. The Kier molecular flexibility index (Phi) is 5.21. The van der Waals surface area contributed by atoms with Crippen LogP contribution in [0.2, 0.25) is 0 Å². The van der Waals surface area contributed by atoms with Crippen LogP contribution in [-0.4, -0.2) is 40.5 Å². The van der Waals surface area contributed by atoms with Gasteiger partial charge in [-0.15, -0.1) is 0 Å². The first kappa shape index (κ1) is 20.0. The van der Waals surface area contributed by atoms with Gasteiger partial charge in [-0.2, -0.15) is 0 Å². The number of amides is 5. The molecule has 1 atom stereocenters. The van der Waals surface area contributed by atoms with E-state index < -0.39 is 29.7 Å². The molecule has 0 radical (unpaired) electrons. The van der Waals surface area contributed by atoms with Crippen LogP contribution in [0.25, 0.3) is 0 Å². The van der Waals surface area contributed by atoms with Crippen molar-refractivity contribution in [2.75, 3.05) is 0 Å². The number of halogens is 1. The van der Waals surface area contributed by atoms with E-state index in [4.69, 9.17) is 0 Å². The second-order valence-electron chi connectivity index (χ2n) is 7.02. The zero-order chi connectivity index (χ0) is 21.4. The number of fused-ring (bicyclic) bond motifs is 1. The summed E-state index contributed by atoms with van der Waals surface area (Å²) in [5.74, 6) is -2.48. The molecule has 4 rings (SSSR count). The second kappa shape index (κ2) is 7.83. The molecule has 0 bridgehead atoms. The van der Waals surface area contributed by atoms with Crippen molar-refractivity contribution in [3.05, 3.63) is 69.2 Å². The molecule has 0 spiro atoms. The Balaban J connectivity index is 1.49. The second-order valence-corrected chi connectivity index (χ2v) is 7.93. The van der Waals surface area contributed by atoms with E-state index in [0.29, 0.717) is 11.1 Å². The molecule has 0 aromatic heterocycles. The number of nitrogens with one attached hydrogen (secondary N) is 2. The van der Waals surface area contributed by atoms with E-state index in [2.05, 4.69) is 26.6 Å². The van der Waals surface area contributed by atoms with Crippen LogP contribution in [0, 0.1) is 0 Å². The maximum atomic E-state index is 12.8. The number of hydrogen-bond acceptors (Lipinski definition) is 5. The van der Waals surface area contributed by atoms with Crippen molar-refractivity contribution < 1.29 is 24.0 Å². The largest absolute Gasteiger partial charge is 0.348 e. The monoisotopic (exact) mass is 469 g/mol. The van der Waals surface area contributed by atoms with Gasteiger partial charge in [0.15, 0.2) is 0 Å². The fourth-order valence-corrected chi connectivity index (χ4v) is 3.78. The lowest BCUT2D eigenvalue weighted by molar-refractivity contribution is -0.136. The first-order valence-corrected chi connectivity index (χ1v) is 10.0. The number of benzene rings is 2. The number of nitrogens with zero attached hydrogens (tertiary/aromatic N) is 1. The van der Waals surface area contributed by atoms with Crippen LogP contribution >= 0.6 is 15.9 Å². The fraction of sp³-hybridized carbons (Fsp3) is 0.190. The van der Waals surface area contributed by atoms with Crippen molar-refractivity contribution in [3.8, 4) is 0 Å². The highest BCUT2D eigenvalue weighted by atomic mass is 79.9. The van der Waals surface area contributed by atoms with Crippen LogP contribution in [0.15, 0.2) is 46.9 Å². The number of imide groups is 2. The van der Waals surface area contributed by atoms with Gasteiger partial charge < -0.3 is 5.32 Å². The molecule has 9 heteroatoms. The Labute approximate surface area is 179 Å². The number of carbonyl (C=O) groups excluding carboxylic acids is 5. The maximum Gasteiger partial charge on any atom is 0.262 e. The van der Waals surface area contributed by atoms with Crippen LogP contribution in [-0.2, 0) is 16.1 Å². The molecule has 2 N–H and O–H groups in total. The summed E-state index contributed by atoms with van der Waals surface area (Å²) in [7, 11) is 0. The lowest BCUT2D eigenvalue weighted by Crippen LogP contribution is -2.54. The highest BCUT2D eigenvalue weighted by molar-refractivity contribution is 9.10. The minimum absolute atomic E-state index is 0.0666. The standard InChI is InChI=1S/C21H16BrN3O5/c22-13-4-2-12(3-5-13)18(27)23-10-11-1-6-14-15(9-11)21(30)25(20(14)29)16-7-8-17(26)24-19(16)28/h1-6,9,16H,7-8,10H2,(H,23,27)(H,24,26,28). The average molecular weight is 470 g/mol. The summed E-state index contributed by atoms with van der Waals surface area (Å²) in [6.07, 6.45) is 0.170. The third-order valence-corrected chi connectivity index (χ3v) is 5.59. The lowest BCUT2D eigenvalue weighted by atomic mass is 10.0. The van der Waals surface area contributed by atoms with Gasteiger partial charge in [0.05, 0.1) is 11.1 Å². The van der Waals surface area contributed by atoms with E-state index in [9.17, 15) is 24.0 Å². The molecule has 0 saturated carbocycles. The summed E-state index contributed by atoms with van der Waals surface area (Å²) < 4.78 is 0.862. The van der Waals surface area contributed by atoms with Crippen molar-refractivity contribution in [3.63, 3.8) is 0 Å². The van der Waals surface area contributed by atoms with Crippen molar-refractivity contribution in [2.24, 2.45) is 0 Å². The molecule has 8 nitrogen and oxygen atoms in total. The predicted octanol–water partition coefficient (Wildman–Crippen LogP) is 1.78. The maximum absolute atomic E-state index is 12.8. The lowest BCUT2D eigenvalue weighted by Gasteiger charge is -2.27. The van der Waals surface area contributed by atoms with Gasteiger partial charge in [-0.05, 0) is 48.4 Å². The average Bonchev–Trinajstić information content (AvgIpc) is 2.97. The highest BCUT2D eigenvalue weighted by Crippen LogP contribution is 2.28. The Bertz CT molecular complexity index is 1100. The number of piperidine rings is 1. The predicted molar refractivity (Wildman–Crippen MR) is 108 cm³/mol. The van der Waals surface area contributed by atoms with Gasteiger partial charge in [-0.1, -0.05) is 22.0 Å². The molecular weight excluding hydrogens is 454 g/mol. The van der Waals surface area contributed by atoms with E-state index >= 15 is 0 Å². The SMILES string of the molecule is O=C1CCC(N2C(=O)c3ccc(CNC(=O)c4ccc(Br)cc4)cc3C2=O)C(=O)N1. The molecule has 2 aliphatic heterocycles. The van der Waals surface area contributed by atoms with Gasteiger partial charge in [0.2, 0.25) is 11.8 Å². The van der Waals surface area contributed by atoms with Gasteiger partial charge in [-0.25, -0.2) is 0 Å². The summed E-state index contributed by atoms with van der Waals surface area (Å²) in [6.45, 7) is 0.169. The topological polar surface area (TPSA) is 113 Å². The third-order valence-electron chi connectivity index (χ3n) is 5.06. The Morgan fingerprint density at radius 2 is 1.73 bits per heavy atom. The zero-order valence-corrected chi connectivity index (χ0v) is 17.2. The van der Waals surface area contributed by atoms with Gasteiger partial charge >= 0.3 is 0 Å². The van der Waals surface area contributed by atoms with E-state index in [-0.39, 0.29) is 36.4 Å². The summed E-state index contributed by atoms with van der Waals surface area (Å²) in [4.78, 5) is 62.2. The van der Waals surface area contributed by atoms with E-state index in [0.717, 1.165) is 9.37 Å². The van der Waals surface area contributed by atoms with Crippen LogP contribution in [0.4, 0.5) is 0 Å². The molecule has 2 heterocycles. The van der Waals surface area contributed by atoms with E-state index in [1.165, 1.54) is 6.07 Å². The molecule has 2 aliphatic rings. The Morgan fingerprint density at radius 1 is 1.03 bits per heavy atom. The quantitative estimate of drug-likeness (QED) is 0.662. The third kappa shape index (κ3) is 3.63. The molecule has 152 valence electrons. The molecule has 0 aliphatic carbocycles. The number of hydrogen-bond donors (Lipinski definition) is 2. The minimum atomic E-state index is -1.00. The van der Waals surface area contributed by atoms with Gasteiger partial charge in [0, 0.05) is 23.0 Å².